The van der Waals surface area contributed by atoms with Crippen LogP contribution in [0.1, 0.15) is 19.4 Å². The monoisotopic (exact) mass is 206 g/mol. The van der Waals surface area contributed by atoms with Crippen molar-refractivity contribution in [2.75, 3.05) is 13.7 Å². The highest BCUT2D eigenvalue weighted by molar-refractivity contribution is 5.71. The molecule has 0 aromatic heterocycles. The van der Waals surface area contributed by atoms with Crippen molar-refractivity contribution in [3.8, 4) is 5.75 Å². The van der Waals surface area contributed by atoms with Crippen molar-refractivity contribution in [2.24, 2.45) is 5.92 Å². The van der Waals surface area contributed by atoms with Crippen LogP contribution in [0.3, 0.4) is 0 Å². The summed E-state index contributed by atoms with van der Waals surface area (Å²) >= 11 is 0. The highest BCUT2D eigenvalue weighted by atomic mass is 16.5. The summed E-state index contributed by atoms with van der Waals surface area (Å²) in [6, 6.07) is 7.87. The zero-order valence-electron chi connectivity index (χ0n) is 9.53. The third-order valence-electron chi connectivity index (χ3n) is 2.35. The number of aliphatic hydroxyl groups is 1. The molecule has 2 heteroatoms. The summed E-state index contributed by atoms with van der Waals surface area (Å²) in [5.41, 5.74) is 2.18. The van der Waals surface area contributed by atoms with Crippen molar-refractivity contribution in [3.05, 3.63) is 35.9 Å². The number of benzene rings is 1. The summed E-state index contributed by atoms with van der Waals surface area (Å²) in [4.78, 5) is 0. The quantitative estimate of drug-likeness (QED) is 0.820. The maximum Gasteiger partial charge on any atom is 0.126 e. The first-order chi connectivity index (χ1) is 7.20. The second-order valence-corrected chi connectivity index (χ2v) is 3.70. The fraction of sp³-hybridized carbons (Fsp3) is 0.385. The van der Waals surface area contributed by atoms with Gasteiger partial charge in [-0.05, 0) is 17.6 Å². The van der Waals surface area contributed by atoms with E-state index in [9.17, 15) is 0 Å². The maximum absolute atomic E-state index is 8.99. The Labute approximate surface area is 91.2 Å². The van der Waals surface area contributed by atoms with E-state index in [0.29, 0.717) is 5.92 Å². The lowest BCUT2D eigenvalue weighted by molar-refractivity contribution is 0.342. The third kappa shape index (κ3) is 2.83. The van der Waals surface area contributed by atoms with Crippen LogP contribution in [0.2, 0.25) is 0 Å². The molecule has 1 aromatic carbocycles. The van der Waals surface area contributed by atoms with Gasteiger partial charge in [-0.3, -0.25) is 0 Å². The van der Waals surface area contributed by atoms with E-state index in [1.54, 1.807) is 7.11 Å². The third-order valence-corrected chi connectivity index (χ3v) is 2.35. The Hall–Kier alpha value is -1.28. The smallest absolute Gasteiger partial charge is 0.126 e. The number of hydrogen-bond acceptors (Lipinski definition) is 2. The highest BCUT2D eigenvalue weighted by Crippen LogP contribution is 2.30. The minimum Gasteiger partial charge on any atom is -0.496 e. The van der Waals surface area contributed by atoms with Gasteiger partial charge in [0.25, 0.3) is 0 Å². The van der Waals surface area contributed by atoms with Gasteiger partial charge in [0.15, 0.2) is 0 Å². The Bertz CT molecular complexity index is 340. The summed E-state index contributed by atoms with van der Waals surface area (Å²) in [6.07, 6.45) is 1.84. The van der Waals surface area contributed by atoms with Gasteiger partial charge in [-0.25, -0.2) is 0 Å². The molecule has 0 atom stereocenters. The van der Waals surface area contributed by atoms with Crippen LogP contribution in [-0.2, 0) is 0 Å². The maximum atomic E-state index is 8.99. The lowest BCUT2D eigenvalue weighted by Crippen LogP contribution is -1.98. The topological polar surface area (TPSA) is 29.5 Å². The van der Waals surface area contributed by atoms with Crippen LogP contribution in [0.4, 0.5) is 0 Å². The molecule has 82 valence electrons. The molecule has 1 aromatic rings. The second kappa shape index (κ2) is 5.56. The molecule has 0 spiro atoms. The molecule has 0 saturated carbocycles. The summed E-state index contributed by atoms with van der Waals surface area (Å²) in [5.74, 6) is 1.22. The summed E-state index contributed by atoms with van der Waals surface area (Å²) < 4.78 is 5.30. The molecule has 0 unspecified atom stereocenters. The van der Waals surface area contributed by atoms with Crippen LogP contribution in [0.25, 0.3) is 5.57 Å². The van der Waals surface area contributed by atoms with E-state index in [1.165, 1.54) is 0 Å². The van der Waals surface area contributed by atoms with Crippen LogP contribution in [0.5, 0.6) is 5.75 Å². The van der Waals surface area contributed by atoms with E-state index in [2.05, 4.69) is 13.8 Å². The number of para-hydroxylation sites is 1. The van der Waals surface area contributed by atoms with E-state index in [1.807, 2.05) is 30.3 Å². The number of aliphatic hydroxyl groups excluding tert-OH is 1. The lowest BCUT2D eigenvalue weighted by atomic mass is 9.94. The van der Waals surface area contributed by atoms with E-state index in [4.69, 9.17) is 9.84 Å². The van der Waals surface area contributed by atoms with E-state index < -0.39 is 0 Å². The van der Waals surface area contributed by atoms with Crippen molar-refractivity contribution in [1.82, 2.24) is 0 Å². The number of hydrogen-bond donors (Lipinski definition) is 1. The highest BCUT2D eigenvalue weighted by Gasteiger charge is 2.10. The Kier molecular flexibility index (Phi) is 4.37. The number of allylic oxidation sites excluding steroid dienone is 1. The van der Waals surface area contributed by atoms with Crippen LogP contribution >= 0.6 is 0 Å². The minimum absolute atomic E-state index is 0.0611. The van der Waals surface area contributed by atoms with Crippen molar-refractivity contribution < 1.29 is 9.84 Å². The van der Waals surface area contributed by atoms with Gasteiger partial charge in [0.05, 0.1) is 13.7 Å². The molecule has 0 radical (unpaired) electrons. The molecule has 15 heavy (non-hydrogen) atoms. The zero-order valence-corrected chi connectivity index (χ0v) is 9.53. The van der Waals surface area contributed by atoms with E-state index >= 15 is 0 Å². The second-order valence-electron chi connectivity index (χ2n) is 3.70. The van der Waals surface area contributed by atoms with Gasteiger partial charge in [0.1, 0.15) is 5.75 Å². The first kappa shape index (κ1) is 11.8. The van der Waals surface area contributed by atoms with Gasteiger partial charge in [-0.15, -0.1) is 0 Å². The number of methoxy groups -OCH3 is 1. The van der Waals surface area contributed by atoms with Gasteiger partial charge in [0.2, 0.25) is 0 Å². The van der Waals surface area contributed by atoms with Crippen LogP contribution in [0.15, 0.2) is 30.3 Å². The van der Waals surface area contributed by atoms with Crippen LogP contribution in [-0.4, -0.2) is 18.8 Å². The van der Waals surface area contributed by atoms with Crippen molar-refractivity contribution in [3.63, 3.8) is 0 Å². The van der Waals surface area contributed by atoms with Crippen LogP contribution in [0, 0.1) is 5.92 Å². The Morgan fingerprint density at radius 3 is 2.60 bits per heavy atom. The molecule has 0 aliphatic rings. The molecule has 0 aliphatic carbocycles. The molecular weight excluding hydrogens is 188 g/mol. The molecule has 0 heterocycles. The largest absolute Gasteiger partial charge is 0.496 e. The summed E-state index contributed by atoms with van der Waals surface area (Å²) in [7, 11) is 1.66. The Morgan fingerprint density at radius 1 is 1.40 bits per heavy atom. The average molecular weight is 206 g/mol. The molecular formula is C13H18O2. The molecule has 0 aliphatic heterocycles. The molecule has 1 N–H and O–H groups in total. The van der Waals surface area contributed by atoms with Gasteiger partial charge in [0, 0.05) is 5.56 Å². The number of rotatable bonds is 4. The lowest BCUT2D eigenvalue weighted by Gasteiger charge is -2.15. The number of ether oxygens (including phenoxy) is 1. The predicted octanol–water partition coefficient (Wildman–Crippen LogP) is 2.73. The normalized spacial score (nSPS) is 11.9. The van der Waals surface area contributed by atoms with Gasteiger partial charge in [-0.2, -0.15) is 0 Å². The van der Waals surface area contributed by atoms with Gasteiger partial charge in [-0.1, -0.05) is 38.1 Å². The molecule has 0 bridgehead atoms. The van der Waals surface area contributed by atoms with Crippen molar-refractivity contribution in [1.29, 1.82) is 0 Å². The van der Waals surface area contributed by atoms with Crippen molar-refractivity contribution >= 4 is 5.57 Å². The standard InChI is InChI=1S/C13H18O2/c1-10(2)11(8-9-14)12-6-4-5-7-13(12)15-3/h4-8,10,14H,9H2,1-3H3/b11-8-. The average Bonchev–Trinajstić information content (AvgIpc) is 2.25. The molecule has 1 rings (SSSR count). The van der Waals surface area contributed by atoms with E-state index in [-0.39, 0.29) is 6.61 Å². The molecule has 2 nitrogen and oxygen atoms in total. The fourth-order valence-electron chi connectivity index (χ4n) is 1.64. The minimum atomic E-state index is 0.0611. The predicted molar refractivity (Wildman–Crippen MR) is 62.9 cm³/mol. The molecule has 0 fully saturated rings. The first-order valence-corrected chi connectivity index (χ1v) is 5.15. The molecule has 0 amide bonds. The zero-order chi connectivity index (χ0) is 11.3. The van der Waals surface area contributed by atoms with E-state index in [0.717, 1.165) is 16.9 Å². The fourth-order valence-corrected chi connectivity index (χ4v) is 1.64. The molecule has 0 saturated heterocycles. The van der Waals surface area contributed by atoms with Gasteiger partial charge < -0.3 is 9.84 Å². The first-order valence-electron chi connectivity index (χ1n) is 5.15. The van der Waals surface area contributed by atoms with Gasteiger partial charge >= 0.3 is 0 Å². The Balaban J connectivity index is 3.16. The van der Waals surface area contributed by atoms with Crippen molar-refractivity contribution in [2.45, 2.75) is 13.8 Å². The van der Waals surface area contributed by atoms with Crippen LogP contribution < -0.4 is 4.74 Å². The SMILES string of the molecule is COc1ccccc1/C(=C\CO)C(C)C. The summed E-state index contributed by atoms with van der Waals surface area (Å²) in [6.45, 7) is 4.27. The summed E-state index contributed by atoms with van der Waals surface area (Å²) in [5, 5.41) is 8.99. The Morgan fingerprint density at radius 2 is 2.07 bits per heavy atom.